The maximum Gasteiger partial charge on any atom is 0.416 e. The van der Waals surface area contributed by atoms with Gasteiger partial charge < -0.3 is 25.3 Å². The summed E-state index contributed by atoms with van der Waals surface area (Å²) in [4.78, 5) is 45.0. The molecule has 0 saturated carbocycles. The molecule has 1 aromatic heterocycles. The highest BCUT2D eigenvalue weighted by atomic mass is 19.4. The first-order valence-corrected chi connectivity index (χ1v) is 14.5. The molecule has 1 fully saturated rings. The van der Waals surface area contributed by atoms with Gasteiger partial charge in [-0.05, 0) is 34.5 Å². The van der Waals surface area contributed by atoms with Crippen molar-refractivity contribution in [3.8, 4) is 11.3 Å². The van der Waals surface area contributed by atoms with Crippen LogP contribution < -0.4 is 10.2 Å². The van der Waals surface area contributed by atoms with E-state index in [9.17, 15) is 40.7 Å². The van der Waals surface area contributed by atoms with Crippen LogP contribution in [0, 0.1) is 0 Å². The molecule has 3 aromatic carbocycles. The Morgan fingerprint density at radius 3 is 2.02 bits per heavy atom. The van der Waals surface area contributed by atoms with Crippen molar-refractivity contribution in [2.75, 3.05) is 38.1 Å². The van der Waals surface area contributed by atoms with Gasteiger partial charge in [-0.3, -0.25) is 4.79 Å². The Labute approximate surface area is 275 Å². The average Bonchev–Trinajstić information content (AvgIpc) is 3.06. The van der Waals surface area contributed by atoms with Gasteiger partial charge in [-0.15, -0.1) is 0 Å². The molecule has 1 saturated heterocycles. The van der Waals surface area contributed by atoms with Crippen LogP contribution in [-0.4, -0.2) is 76.2 Å². The summed E-state index contributed by atoms with van der Waals surface area (Å²) in [5.74, 6) is -2.74. The van der Waals surface area contributed by atoms with E-state index in [4.69, 9.17) is 15.2 Å². The zero-order valence-electron chi connectivity index (χ0n) is 25.7. The number of carboxylic acids is 2. The van der Waals surface area contributed by atoms with Crippen molar-refractivity contribution in [2.45, 2.75) is 18.9 Å². The van der Waals surface area contributed by atoms with Crippen LogP contribution in [0.2, 0.25) is 0 Å². The monoisotopic (exact) mass is 689 g/mol. The van der Waals surface area contributed by atoms with E-state index in [-0.39, 0.29) is 17.2 Å². The van der Waals surface area contributed by atoms with E-state index in [0.29, 0.717) is 54.6 Å². The van der Waals surface area contributed by atoms with Gasteiger partial charge in [0.1, 0.15) is 0 Å². The second-order valence-corrected chi connectivity index (χ2v) is 10.8. The van der Waals surface area contributed by atoms with Crippen molar-refractivity contribution in [2.24, 2.45) is 0 Å². The molecular weight excluding hydrogens is 660 g/mol. The van der Waals surface area contributed by atoms with Crippen molar-refractivity contribution in [1.82, 2.24) is 20.2 Å². The molecule has 10 nitrogen and oxygen atoms in total. The normalized spacial score (nSPS) is 13.6. The lowest BCUT2D eigenvalue weighted by molar-refractivity contribution is -0.143. The van der Waals surface area contributed by atoms with E-state index >= 15 is 0 Å². The van der Waals surface area contributed by atoms with Gasteiger partial charge >= 0.3 is 24.3 Å². The third kappa shape index (κ3) is 9.53. The number of nitrogens with zero attached hydrogens (tertiary/aromatic N) is 4. The van der Waals surface area contributed by atoms with Crippen LogP contribution in [0.5, 0.6) is 0 Å². The molecule has 0 atom stereocenters. The third-order valence-electron chi connectivity index (χ3n) is 7.23. The third-order valence-corrected chi connectivity index (χ3v) is 7.23. The second-order valence-electron chi connectivity index (χ2n) is 10.8. The predicted octanol–water partition coefficient (Wildman–Crippen LogP) is 5.73. The molecule has 49 heavy (non-hydrogen) atoms. The van der Waals surface area contributed by atoms with Crippen LogP contribution in [-0.2, 0) is 28.5 Å². The molecule has 2 heterocycles. The van der Waals surface area contributed by atoms with Crippen LogP contribution in [0.15, 0.2) is 79.0 Å². The fraction of sp³-hybridized carbons (Fsp3) is 0.242. The number of halogens is 6. The SMILES string of the molecule is CN(Cc1cc(C(F)(F)F)cc(C(F)(F)F)c1)C(=O)c1cnc(N2CCNCC2)nc1-c1cccc2ccccc12.O=C(O)/C=C/C(=O)O. The standard InChI is InChI=1S/C29H25F6N5O.C4H4O4/c1-39(17-18-13-20(28(30,31)32)15-21(14-18)29(33,34)35)26(41)24-16-37-27(40-11-9-36-10-12-40)38-25(24)23-8-4-6-19-5-2-3-7-22(19)23;5-3(6)1-2-4(7)8/h2-8,13-16,36H,9-12,17H2,1H3;1-2H,(H,5,6)(H,7,8)/b;2-1+. The van der Waals surface area contributed by atoms with Crippen LogP contribution in [0.25, 0.3) is 22.0 Å². The summed E-state index contributed by atoms with van der Waals surface area (Å²) in [6.45, 7) is 2.26. The first-order valence-electron chi connectivity index (χ1n) is 14.5. The molecule has 0 spiro atoms. The van der Waals surface area contributed by atoms with E-state index in [0.717, 1.165) is 28.8 Å². The van der Waals surface area contributed by atoms with Crippen molar-refractivity contribution < 1.29 is 50.9 Å². The molecule has 0 bridgehead atoms. The summed E-state index contributed by atoms with van der Waals surface area (Å²) >= 11 is 0. The lowest BCUT2D eigenvalue weighted by atomic mass is 9.99. The number of carboxylic acid groups (broad SMARTS) is 2. The summed E-state index contributed by atoms with van der Waals surface area (Å²) in [7, 11) is 1.31. The van der Waals surface area contributed by atoms with Gasteiger partial charge in [-0.2, -0.15) is 26.3 Å². The van der Waals surface area contributed by atoms with Crippen molar-refractivity contribution in [1.29, 1.82) is 0 Å². The zero-order valence-corrected chi connectivity index (χ0v) is 25.7. The average molecular weight is 690 g/mol. The fourth-order valence-electron chi connectivity index (χ4n) is 4.99. The number of alkyl halides is 6. The number of fused-ring (bicyclic) bond motifs is 1. The van der Waals surface area contributed by atoms with E-state index in [1.165, 1.54) is 13.2 Å². The number of benzene rings is 3. The highest BCUT2D eigenvalue weighted by Gasteiger charge is 2.37. The van der Waals surface area contributed by atoms with Gasteiger partial charge in [0.15, 0.2) is 0 Å². The first-order chi connectivity index (χ1) is 23.0. The van der Waals surface area contributed by atoms with Crippen LogP contribution in [0.3, 0.4) is 0 Å². The minimum atomic E-state index is -4.99. The van der Waals surface area contributed by atoms with Gasteiger partial charge in [0.25, 0.3) is 5.91 Å². The Bertz CT molecular complexity index is 1820. The lowest BCUT2D eigenvalue weighted by Crippen LogP contribution is -2.44. The Kier molecular flexibility index (Phi) is 11.2. The number of hydrogen-bond donors (Lipinski definition) is 3. The molecule has 5 rings (SSSR count). The summed E-state index contributed by atoms with van der Waals surface area (Å²) in [5, 5.41) is 20.6. The lowest BCUT2D eigenvalue weighted by Gasteiger charge is -2.28. The number of nitrogens with one attached hydrogen (secondary N) is 1. The van der Waals surface area contributed by atoms with E-state index in [2.05, 4.69) is 10.3 Å². The van der Waals surface area contributed by atoms with Gasteiger partial charge in [0.2, 0.25) is 5.95 Å². The summed E-state index contributed by atoms with van der Waals surface area (Å²) in [6.07, 6.45) is -7.50. The van der Waals surface area contributed by atoms with Gasteiger partial charge in [0, 0.05) is 63.7 Å². The summed E-state index contributed by atoms with van der Waals surface area (Å²) in [6, 6.07) is 14.4. The smallest absolute Gasteiger partial charge is 0.416 e. The number of carbonyl (C=O) groups is 3. The van der Waals surface area contributed by atoms with E-state index in [1.54, 1.807) is 0 Å². The maximum absolute atomic E-state index is 13.7. The molecule has 1 amide bonds. The molecule has 16 heteroatoms. The fourth-order valence-corrected chi connectivity index (χ4v) is 4.99. The van der Waals surface area contributed by atoms with Crippen LogP contribution in [0.4, 0.5) is 32.3 Å². The van der Waals surface area contributed by atoms with Gasteiger partial charge in [-0.1, -0.05) is 42.5 Å². The Morgan fingerprint density at radius 1 is 0.878 bits per heavy atom. The number of hydrogen-bond acceptors (Lipinski definition) is 7. The molecule has 1 aliphatic rings. The molecule has 0 aliphatic carbocycles. The molecule has 0 radical (unpaired) electrons. The predicted molar refractivity (Wildman–Crippen MR) is 167 cm³/mol. The second kappa shape index (κ2) is 15.1. The summed E-state index contributed by atoms with van der Waals surface area (Å²) < 4.78 is 80.3. The first kappa shape index (κ1) is 36.3. The topological polar surface area (TPSA) is 136 Å². The van der Waals surface area contributed by atoms with Crippen LogP contribution in [0.1, 0.15) is 27.0 Å². The largest absolute Gasteiger partial charge is 0.478 e. The number of anilines is 1. The van der Waals surface area contributed by atoms with Crippen LogP contribution >= 0.6 is 0 Å². The quantitative estimate of drug-likeness (QED) is 0.164. The Hall–Kier alpha value is -5.51. The molecular formula is C33H29F6N5O5. The van der Waals surface area contributed by atoms with Crippen molar-refractivity contribution in [3.63, 3.8) is 0 Å². The number of aromatic nitrogens is 2. The Morgan fingerprint density at radius 2 is 1.45 bits per heavy atom. The number of carbonyl (C=O) groups excluding carboxylic acids is 1. The van der Waals surface area contributed by atoms with E-state index < -0.39 is 47.9 Å². The number of rotatable bonds is 7. The molecule has 3 N–H and O–H groups in total. The van der Waals surface area contributed by atoms with Crippen molar-refractivity contribution >= 4 is 34.6 Å². The minimum absolute atomic E-state index is 0.0621. The number of amides is 1. The van der Waals surface area contributed by atoms with E-state index in [1.807, 2.05) is 47.4 Å². The summed E-state index contributed by atoms with van der Waals surface area (Å²) in [5.41, 5.74) is -2.15. The maximum atomic E-state index is 13.7. The van der Waals surface area contributed by atoms with Gasteiger partial charge in [-0.25, -0.2) is 19.6 Å². The Balaban J connectivity index is 0.000000603. The van der Waals surface area contributed by atoms with Gasteiger partial charge in [0.05, 0.1) is 22.4 Å². The minimum Gasteiger partial charge on any atom is -0.478 e. The van der Waals surface area contributed by atoms with Crippen molar-refractivity contribution in [3.05, 3.63) is 101 Å². The molecule has 4 aromatic rings. The molecule has 1 aliphatic heterocycles. The zero-order chi connectivity index (χ0) is 35.9. The highest BCUT2D eigenvalue weighted by molar-refractivity contribution is 6.04. The number of piperazine rings is 1. The molecule has 258 valence electrons. The number of aliphatic carboxylic acids is 2. The highest BCUT2D eigenvalue weighted by Crippen LogP contribution is 2.37. The molecule has 0 unspecified atom stereocenters.